The van der Waals surface area contributed by atoms with Gasteiger partial charge in [0, 0.05) is 34.8 Å². The van der Waals surface area contributed by atoms with Crippen molar-refractivity contribution in [2.45, 2.75) is 23.8 Å². The summed E-state index contributed by atoms with van der Waals surface area (Å²) in [5.74, 6) is -0.786. The van der Waals surface area contributed by atoms with Crippen LogP contribution in [0.5, 0.6) is 0 Å². The lowest BCUT2D eigenvalue weighted by atomic mass is 10.1. The van der Waals surface area contributed by atoms with Gasteiger partial charge in [0.05, 0.1) is 0 Å². The molecule has 1 atom stereocenters. The van der Waals surface area contributed by atoms with Gasteiger partial charge in [0.2, 0.25) is 5.89 Å². The predicted molar refractivity (Wildman–Crippen MR) is 82.8 cm³/mol. The molecule has 0 radical (unpaired) electrons. The fraction of sp³-hybridized carbons (Fsp3) is 0.188. The van der Waals surface area contributed by atoms with Crippen molar-refractivity contribution in [1.82, 2.24) is 15.2 Å². The number of thioether (sulfide) groups is 1. The Balaban J connectivity index is 1.81. The number of nitrogens with zero attached hydrogens (tertiary/aromatic N) is 3. The molecule has 4 nitrogen and oxygen atoms in total. The van der Waals surface area contributed by atoms with E-state index in [-0.39, 0.29) is 5.25 Å². The molecule has 0 spiro atoms. The summed E-state index contributed by atoms with van der Waals surface area (Å²) in [6.45, 7) is 1.92. The summed E-state index contributed by atoms with van der Waals surface area (Å²) in [6, 6.07) is 7.11. The van der Waals surface area contributed by atoms with Crippen LogP contribution in [0.15, 0.2) is 52.4 Å². The first-order chi connectivity index (χ1) is 11.2. The van der Waals surface area contributed by atoms with Gasteiger partial charge in [-0.25, -0.2) is 8.78 Å². The van der Waals surface area contributed by atoms with Crippen molar-refractivity contribution in [3.8, 4) is 11.5 Å². The monoisotopic (exact) mass is 333 g/mol. The number of halogens is 2. The average molecular weight is 333 g/mol. The van der Waals surface area contributed by atoms with Crippen molar-refractivity contribution in [2.75, 3.05) is 0 Å². The normalized spacial score (nSPS) is 12.3. The Kier molecular flexibility index (Phi) is 4.66. The maximum atomic E-state index is 13.9. The topological polar surface area (TPSA) is 51.8 Å². The van der Waals surface area contributed by atoms with E-state index in [0.717, 1.165) is 11.6 Å². The molecule has 0 saturated carbocycles. The second-order valence-electron chi connectivity index (χ2n) is 4.79. The summed E-state index contributed by atoms with van der Waals surface area (Å²) in [6.07, 6.45) is 3.91. The fourth-order valence-corrected chi connectivity index (χ4v) is 3.06. The van der Waals surface area contributed by atoms with E-state index in [4.69, 9.17) is 4.42 Å². The fourth-order valence-electron chi connectivity index (χ4n) is 2.12. The molecule has 1 aromatic carbocycles. The molecule has 3 aromatic rings. The number of pyridine rings is 1. The molecule has 2 heterocycles. The first-order valence-electron chi connectivity index (χ1n) is 7.03. The molecule has 23 heavy (non-hydrogen) atoms. The van der Waals surface area contributed by atoms with Crippen LogP contribution in [0.1, 0.15) is 24.2 Å². The number of hydrogen-bond donors (Lipinski definition) is 0. The first-order valence-corrected chi connectivity index (χ1v) is 7.91. The van der Waals surface area contributed by atoms with E-state index in [1.54, 1.807) is 24.5 Å². The quantitative estimate of drug-likeness (QED) is 0.636. The van der Waals surface area contributed by atoms with E-state index in [1.807, 2.05) is 6.92 Å². The molecule has 0 amide bonds. The Morgan fingerprint density at radius 1 is 1.13 bits per heavy atom. The Bertz CT molecular complexity index is 795. The van der Waals surface area contributed by atoms with Crippen molar-refractivity contribution in [3.63, 3.8) is 0 Å². The summed E-state index contributed by atoms with van der Waals surface area (Å²) in [5, 5.41) is 8.07. The van der Waals surface area contributed by atoms with Crippen molar-refractivity contribution in [3.05, 3.63) is 59.9 Å². The summed E-state index contributed by atoms with van der Waals surface area (Å²) < 4.78 is 32.6. The van der Waals surface area contributed by atoms with E-state index in [0.29, 0.717) is 23.1 Å². The number of rotatable bonds is 5. The van der Waals surface area contributed by atoms with E-state index in [2.05, 4.69) is 15.2 Å². The minimum absolute atomic E-state index is 0.235. The average Bonchev–Trinajstić information content (AvgIpc) is 3.03. The summed E-state index contributed by atoms with van der Waals surface area (Å²) >= 11 is 1.26. The number of aromatic nitrogens is 3. The van der Waals surface area contributed by atoms with Crippen molar-refractivity contribution < 1.29 is 13.2 Å². The lowest BCUT2D eigenvalue weighted by molar-refractivity contribution is 0.464. The van der Waals surface area contributed by atoms with Gasteiger partial charge in [-0.3, -0.25) is 4.98 Å². The van der Waals surface area contributed by atoms with Gasteiger partial charge in [-0.15, -0.1) is 10.2 Å². The Morgan fingerprint density at radius 2 is 1.91 bits per heavy atom. The van der Waals surface area contributed by atoms with Crippen LogP contribution in [0.2, 0.25) is 0 Å². The lowest BCUT2D eigenvalue weighted by Gasteiger charge is -2.13. The van der Waals surface area contributed by atoms with Crippen molar-refractivity contribution in [1.29, 1.82) is 0 Å². The van der Waals surface area contributed by atoms with E-state index in [1.165, 1.54) is 23.9 Å². The zero-order chi connectivity index (χ0) is 16.2. The summed E-state index contributed by atoms with van der Waals surface area (Å²) in [4.78, 5) is 3.93. The molecule has 0 aliphatic heterocycles. The SMILES string of the molecule is CC[C@@H](Sc1nnc(-c2ccncc2)o1)c1ccc(F)cc1F. The maximum Gasteiger partial charge on any atom is 0.277 e. The Labute approximate surface area is 136 Å². The maximum absolute atomic E-state index is 13.9. The smallest absolute Gasteiger partial charge is 0.277 e. The molecule has 0 bridgehead atoms. The van der Waals surface area contributed by atoms with E-state index in [9.17, 15) is 8.78 Å². The second kappa shape index (κ2) is 6.87. The predicted octanol–water partition coefficient (Wildman–Crippen LogP) is 4.65. The van der Waals surface area contributed by atoms with Crippen LogP contribution in [0.3, 0.4) is 0 Å². The molecule has 0 fully saturated rings. The van der Waals surface area contributed by atoms with Crippen LogP contribution in [0.25, 0.3) is 11.5 Å². The molecular formula is C16H13F2N3OS. The van der Waals surface area contributed by atoms with E-state index >= 15 is 0 Å². The van der Waals surface area contributed by atoms with E-state index < -0.39 is 11.6 Å². The van der Waals surface area contributed by atoms with Crippen LogP contribution >= 0.6 is 11.8 Å². The molecule has 0 N–H and O–H groups in total. The lowest BCUT2D eigenvalue weighted by Crippen LogP contribution is -1.97. The van der Waals surface area contributed by atoms with Crippen LogP contribution in [-0.4, -0.2) is 15.2 Å². The molecule has 0 saturated heterocycles. The Hall–Kier alpha value is -2.28. The van der Waals surface area contributed by atoms with Gasteiger partial charge in [0.25, 0.3) is 5.22 Å². The highest BCUT2D eigenvalue weighted by molar-refractivity contribution is 7.99. The van der Waals surface area contributed by atoms with Gasteiger partial charge in [-0.05, 0) is 24.6 Å². The van der Waals surface area contributed by atoms with Gasteiger partial charge in [0.1, 0.15) is 11.6 Å². The minimum atomic E-state index is -0.594. The standard InChI is InChI=1S/C16H13F2N3OS/c1-2-14(12-4-3-11(17)9-13(12)18)23-16-21-20-15(22-16)10-5-7-19-8-6-10/h3-9,14H,2H2,1H3/t14-/m1/s1. The van der Waals surface area contributed by atoms with Gasteiger partial charge < -0.3 is 4.42 Å². The van der Waals surface area contributed by atoms with Crippen LogP contribution in [0, 0.1) is 11.6 Å². The van der Waals surface area contributed by atoms with Gasteiger partial charge in [-0.1, -0.05) is 24.8 Å². The minimum Gasteiger partial charge on any atom is -0.411 e. The highest BCUT2D eigenvalue weighted by Gasteiger charge is 2.19. The van der Waals surface area contributed by atoms with Crippen LogP contribution in [0.4, 0.5) is 8.78 Å². The number of hydrogen-bond acceptors (Lipinski definition) is 5. The molecule has 0 unspecified atom stereocenters. The molecule has 0 aliphatic carbocycles. The third-order valence-electron chi connectivity index (χ3n) is 3.26. The molecular weight excluding hydrogens is 320 g/mol. The molecule has 7 heteroatoms. The number of benzene rings is 1. The molecule has 3 rings (SSSR count). The highest BCUT2D eigenvalue weighted by Crippen LogP contribution is 2.38. The third-order valence-corrected chi connectivity index (χ3v) is 4.50. The molecule has 2 aromatic heterocycles. The largest absolute Gasteiger partial charge is 0.411 e. The highest BCUT2D eigenvalue weighted by atomic mass is 32.2. The van der Waals surface area contributed by atoms with Crippen LogP contribution in [-0.2, 0) is 0 Å². The summed E-state index contributed by atoms with van der Waals surface area (Å²) in [5.41, 5.74) is 1.18. The second-order valence-corrected chi connectivity index (χ2v) is 5.94. The zero-order valence-electron chi connectivity index (χ0n) is 12.2. The van der Waals surface area contributed by atoms with Crippen LogP contribution < -0.4 is 0 Å². The van der Waals surface area contributed by atoms with Crippen molar-refractivity contribution >= 4 is 11.8 Å². The van der Waals surface area contributed by atoms with Gasteiger partial charge >= 0.3 is 0 Å². The van der Waals surface area contributed by atoms with Gasteiger partial charge in [0.15, 0.2) is 0 Å². The zero-order valence-corrected chi connectivity index (χ0v) is 13.1. The molecule has 0 aliphatic rings. The Morgan fingerprint density at radius 3 is 2.61 bits per heavy atom. The molecule has 118 valence electrons. The third kappa shape index (κ3) is 3.56. The van der Waals surface area contributed by atoms with Gasteiger partial charge in [-0.2, -0.15) is 0 Å². The summed E-state index contributed by atoms with van der Waals surface area (Å²) in [7, 11) is 0. The first kappa shape index (κ1) is 15.6. The van der Waals surface area contributed by atoms with Crippen molar-refractivity contribution in [2.24, 2.45) is 0 Å².